The number of carbonyl (C=O) groups is 1. The Bertz CT molecular complexity index is 649. The summed E-state index contributed by atoms with van der Waals surface area (Å²) in [4.78, 5) is 24.5. The highest BCUT2D eigenvalue weighted by atomic mass is 16.2. The van der Waals surface area contributed by atoms with Crippen LogP contribution in [0.1, 0.15) is 33.1 Å². The van der Waals surface area contributed by atoms with E-state index in [-0.39, 0.29) is 11.4 Å². The Morgan fingerprint density at radius 1 is 1.54 bits per heavy atom. The minimum absolute atomic E-state index is 0.0437. The minimum Gasteiger partial charge on any atom is -0.346 e. The van der Waals surface area contributed by atoms with Gasteiger partial charge in [-0.25, -0.2) is 9.97 Å². The number of nitrogens with zero attached hydrogens (tertiary/aromatic N) is 3. The van der Waals surface area contributed by atoms with Crippen molar-refractivity contribution in [2.24, 2.45) is 0 Å². The Labute approximate surface area is 143 Å². The van der Waals surface area contributed by atoms with Crippen molar-refractivity contribution in [2.75, 3.05) is 13.6 Å². The monoisotopic (exact) mass is 329 g/mol. The minimum atomic E-state index is -0.0448. The maximum absolute atomic E-state index is 11.8. The van der Waals surface area contributed by atoms with E-state index in [1.165, 1.54) is 18.8 Å². The number of amides is 1. The maximum Gasteiger partial charge on any atom is 0.246 e. The molecule has 1 aliphatic heterocycles. The smallest absolute Gasteiger partial charge is 0.246 e. The van der Waals surface area contributed by atoms with Gasteiger partial charge in [0.1, 0.15) is 12.0 Å². The molecule has 0 aromatic carbocycles. The van der Waals surface area contributed by atoms with Crippen LogP contribution in [0.3, 0.4) is 0 Å². The predicted molar refractivity (Wildman–Crippen MR) is 96.6 cm³/mol. The van der Waals surface area contributed by atoms with Crippen molar-refractivity contribution in [3.63, 3.8) is 0 Å². The molecular formula is C18H27N5O. The highest BCUT2D eigenvalue weighted by Crippen LogP contribution is 2.26. The summed E-state index contributed by atoms with van der Waals surface area (Å²) >= 11 is 0. The Balaban J connectivity index is 0.000000194. The van der Waals surface area contributed by atoms with Gasteiger partial charge in [0, 0.05) is 35.9 Å². The Hall–Kier alpha value is -2.21. The molecule has 6 heteroatoms. The lowest BCUT2D eigenvalue weighted by molar-refractivity contribution is -0.131. The number of aromatic nitrogens is 3. The van der Waals surface area contributed by atoms with Crippen molar-refractivity contribution in [3.8, 4) is 0 Å². The fourth-order valence-corrected chi connectivity index (χ4v) is 3.00. The van der Waals surface area contributed by atoms with E-state index in [0.717, 1.165) is 30.4 Å². The van der Waals surface area contributed by atoms with Crippen LogP contribution in [-0.2, 0) is 4.79 Å². The zero-order valence-corrected chi connectivity index (χ0v) is 14.7. The van der Waals surface area contributed by atoms with Gasteiger partial charge in [0.05, 0.1) is 0 Å². The Morgan fingerprint density at radius 2 is 2.33 bits per heavy atom. The van der Waals surface area contributed by atoms with E-state index in [1.807, 2.05) is 24.2 Å². The number of likely N-dealkylation sites (N-methyl/N-ethyl adjacent to an activating group) is 1. The third-order valence-corrected chi connectivity index (χ3v) is 4.55. The Kier molecular flexibility index (Phi) is 6.09. The quantitative estimate of drug-likeness (QED) is 0.830. The van der Waals surface area contributed by atoms with Crippen LogP contribution in [-0.4, -0.2) is 50.9 Å². The summed E-state index contributed by atoms with van der Waals surface area (Å²) in [6.45, 7) is 8.62. The molecule has 0 radical (unpaired) electrons. The zero-order chi connectivity index (χ0) is 17.6. The van der Waals surface area contributed by atoms with Crippen molar-refractivity contribution in [3.05, 3.63) is 37.4 Å². The highest BCUT2D eigenvalue weighted by Gasteiger charge is 2.33. The van der Waals surface area contributed by atoms with Crippen LogP contribution in [0.2, 0.25) is 0 Å². The summed E-state index contributed by atoms with van der Waals surface area (Å²) in [7, 11) is 1.96. The summed E-state index contributed by atoms with van der Waals surface area (Å²) < 4.78 is 0. The van der Waals surface area contributed by atoms with Gasteiger partial charge in [0.25, 0.3) is 0 Å². The molecule has 0 aliphatic carbocycles. The second-order valence-electron chi connectivity index (χ2n) is 6.65. The first-order chi connectivity index (χ1) is 11.5. The average Bonchev–Trinajstić information content (AvgIpc) is 3.00. The summed E-state index contributed by atoms with van der Waals surface area (Å²) in [6.07, 6.45) is 9.93. The summed E-state index contributed by atoms with van der Waals surface area (Å²) in [5.74, 6) is 0.0437. The largest absolute Gasteiger partial charge is 0.346 e. The number of hydrogen-bond donors (Lipinski definition) is 2. The van der Waals surface area contributed by atoms with Gasteiger partial charge in [-0.15, -0.1) is 0 Å². The van der Waals surface area contributed by atoms with E-state index in [2.05, 4.69) is 40.7 Å². The zero-order valence-electron chi connectivity index (χ0n) is 14.7. The molecule has 2 aromatic rings. The first kappa shape index (κ1) is 18.1. The van der Waals surface area contributed by atoms with Crippen LogP contribution in [0.5, 0.6) is 0 Å². The van der Waals surface area contributed by atoms with Crippen molar-refractivity contribution in [1.82, 2.24) is 25.2 Å². The van der Waals surface area contributed by atoms with Crippen molar-refractivity contribution >= 4 is 16.9 Å². The lowest BCUT2D eigenvalue weighted by atomic mass is 9.97. The van der Waals surface area contributed by atoms with Crippen molar-refractivity contribution in [2.45, 2.75) is 44.7 Å². The number of H-pyrrole nitrogens is 1. The molecule has 130 valence electrons. The van der Waals surface area contributed by atoms with Crippen LogP contribution in [0.4, 0.5) is 0 Å². The van der Waals surface area contributed by atoms with Crippen LogP contribution < -0.4 is 5.32 Å². The van der Waals surface area contributed by atoms with E-state index < -0.39 is 0 Å². The number of aromatic amines is 1. The van der Waals surface area contributed by atoms with Gasteiger partial charge < -0.3 is 15.2 Å². The molecular weight excluding hydrogens is 302 g/mol. The SMILES string of the molecule is C=CC(=O)N1CC(NC)CCCC1(C)C.c1ncc2cc[nH]c2n1. The van der Waals surface area contributed by atoms with Gasteiger partial charge >= 0.3 is 0 Å². The third kappa shape index (κ3) is 4.41. The number of likely N-dealkylation sites (tertiary alicyclic amines) is 1. The van der Waals surface area contributed by atoms with Crippen molar-refractivity contribution < 1.29 is 4.79 Å². The second kappa shape index (κ2) is 8.06. The molecule has 3 rings (SSSR count). The van der Waals surface area contributed by atoms with Gasteiger partial charge in [0.15, 0.2) is 0 Å². The van der Waals surface area contributed by atoms with Gasteiger partial charge in [-0.05, 0) is 52.3 Å². The van der Waals surface area contributed by atoms with Gasteiger partial charge in [-0.2, -0.15) is 0 Å². The number of nitrogens with one attached hydrogen (secondary N) is 2. The van der Waals surface area contributed by atoms with Crippen LogP contribution in [0, 0.1) is 0 Å². The van der Waals surface area contributed by atoms with Crippen LogP contribution >= 0.6 is 0 Å². The van der Waals surface area contributed by atoms with Crippen LogP contribution in [0.15, 0.2) is 37.4 Å². The third-order valence-electron chi connectivity index (χ3n) is 4.55. The molecule has 1 amide bonds. The van der Waals surface area contributed by atoms with Crippen LogP contribution in [0.25, 0.3) is 11.0 Å². The number of rotatable bonds is 2. The number of carbonyl (C=O) groups excluding carboxylic acids is 1. The summed E-state index contributed by atoms with van der Waals surface area (Å²) in [5, 5.41) is 4.32. The molecule has 3 heterocycles. The second-order valence-corrected chi connectivity index (χ2v) is 6.65. The normalized spacial score (nSPS) is 20.0. The van der Waals surface area contributed by atoms with E-state index in [0.29, 0.717) is 6.04 Å². The topological polar surface area (TPSA) is 73.9 Å². The first-order valence-electron chi connectivity index (χ1n) is 8.32. The molecule has 1 atom stereocenters. The first-order valence-corrected chi connectivity index (χ1v) is 8.32. The molecule has 6 nitrogen and oxygen atoms in total. The predicted octanol–water partition coefficient (Wildman–Crippen LogP) is 2.51. The lowest BCUT2D eigenvalue weighted by Crippen LogP contribution is -2.50. The molecule has 1 aliphatic rings. The number of hydrogen-bond acceptors (Lipinski definition) is 4. The van der Waals surface area contributed by atoms with E-state index >= 15 is 0 Å². The fourth-order valence-electron chi connectivity index (χ4n) is 3.00. The lowest BCUT2D eigenvalue weighted by Gasteiger charge is -2.37. The van der Waals surface area contributed by atoms with Gasteiger partial charge in [0.2, 0.25) is 5.91 Å². The van der Waals surface area contributed by atoms with Gasteiger partial charge in [-0.1, -0.05) is 6.58 Å². The molecule has 2 N–H and O–H groups in total. The molecule has 0 saturated carbocycles. The molecule has 24 heavy (non-hydrogen) atoms. The summed E-state index contributed by atoms with van der Waals surface area (Å²) in [5.41, 5.74) is 0.849. The molecule has 0 bridgehead atoms. The van der Waals surface area contributed by atoms with E-state index in [9.17, 15) is 4.79 Å². The van der Waals surface area contributed by atoms with E-state index in [1.54, 1.807) is 6.20 Å². The van der Waals surface area contributed by atoms with Crippen molar-refractivity contribution in [1.29, 1.82) is 0 Å². The molecule has 0 spiro atoms. The molecule has 1 unspecified atom stereocenters. The fraction of sp³-hybridized carbons (Fsp3) is 0.500. The van der Waals surface area contributed by atoms with Gasteiger partial charge in [-0.3, -0.25) is 4.79 Å². The molecule has 2 aromatic heterocycles. The maximum atomic E-state index is 11.8. The summed E-state index contributed by atoms with van der Waals surface area (Å²) in [6, 6.07) is 2.35. The Morgan fingerprint density at radius 3 is 3.00 bits per heavy atom. The standard InChI is InChI=1S/C12H22N2O.C6H5N3/c1-5-11(15)14-9-10(13-4)7-6-8-12(14,2)3;1-2-8-6-5(1)3-7-4-9-6/h5,10,13H,1,6-9H2,2-4H3;1-4H,(H,7,8,9). The highest BCUT2D eigenvalue weighted by molar-refractivity contribution is 5.87. The van der Waals surface area contributed by atoms with E-state index in [4.69, 9.17) is 0 Å². The number of fused-ring (bicyclic) bond motifs is 1. The average molecular weight is 329 g/mol. The molecule has 1 fully saturated rings. The molecule has 1 saturated heterocycles.